The molecule has 1 unspecified atom stereocenters. The molecular formula is C17H29Cl2N3O3. The number of nitrogens with zero attached hydrogens (tertiary/aromatic N) is 1. The van der Waals surface area contributed by atoms with Crippen molar-refractivity contribution >= 4 is 36.4 Å². The molecule has 8 heteroatoms. The summed E-state index contributed by atoms with van der Waals surface area (Å²) in [6, 6.07) is 8.25. The van der Waals surface area contributed by atoms with Gasteiger partial charge >= 0.3 is 0 Å². The predicted octanol–water partition coefficient (Wildman–Crippen LogP) is 1.86. The molecule has 6 nitrogen and oxygen atoms in total. The van der Waals surface area contributed by atoms with Crippen LogP contribution >= 0.6 is 24.8 Å². The molecule has 144 valence electrons. The Balaban J connectivity index is 0.00000288. The summed E-state index contributed by atoms with van der Waals surface area (Å²) < 4.78 is 10.2. The summed E-state index contributed by atoms with van der Waals surface area (Å²) in [6.45, 7) is 3.46. The van der Waals surface area contributed by atoms with E-state index < -0.39 is 0 Å². The Hall–Kier alpha value is -1.21. The van der Waals surface area contributed by atoms with Gasteiger partial charge in [0.1, 0.15) is 5.75 Å². The molecule has 0 aromatic heterocycles. The van der Waals surface area contributed by atoms with Crippen LogP contribution < -0.4 is 20.3 Å². The minimum Gasteiger partial charge on any atom is -0.497 e. The topological polar surface area (TPSA) is 62.8 Å². The average Bonchev–Trinajstić information content (AvgIpc) is 2.59. The Bertz CT molecular complexity index is 506. The molecule has 0 radical (unpaired) electrons. The number of benzene rings is 1. The van der Waals surface area contributed by atoms with Crippen LogP contribution in [-0.4, -0.2) is 59.0 Å². The molecule has 1 saturated heterocycles. The van der Waals surface area contributed by atoms with Crippen molar-refractivity contribution in [2.75, 3.05) is 51.9 Å². The number of amides is 1. The molecule has 1 atom stereocenters. The third-order valence-electron chi connectivity index (χ3n) is 3.97. The van der Waals surface area contributed by atoms with Crippen molar-refractivity contribution in [2.24, 2.45) is 0 Å². The molecule has 0 saturated carbocycles. The van der Waals surface area contributed by atoms with Crippen molar-refractivity contribution in [2.45, 2.75) is 18.9 Å². The number of methoxy groups -OCH3 is 2. The fraction of sp³-hybridized carbons (Fsp3) is 0.588. The highest BCUT2D eigenvalue weighted by molar-refractivity contribution is 5.85. The van der Waals surface area contributed by atoms with Gasteiger partial charge in [-0.25, -0.2) is 0 Å². The summed E-state index contributed by atoms with van der Waals surface area (Å²) in [4.78, 5) is 14.3. The van der Waals surface area contributed by atoms with E-state index in [0.29, 0.717) is 19.7 Å². The van der Waals surface area contributed by atoms with E-state index in [-0.39, 0.29) is 36.8 Å². The standard InChI is InChI=1S/C17H27N3O3.2ClH/c1-22-10-8-18-12-17(21)19-14-5-4-9-20(13-14)15-6-3-7-16(11-15)23-2;;/h3,6-7,11,14,18H,4-5,8-10,12-13H2,1-2H3,(H,19,21);2*1H. The lowest BCUT2D eigenvalue weighted by molar-refractivity contribution is -0.121. The van der Waals surface area contributed by atoms with Gasteiger partial charge in [0.25, 0.3) is 0 Å². The van der Waals surface area contributed by atoms with E-state index in [4.69, 9.17) is 9.47 Å². The quantitative estimate of drug-likeness (QED) is 0.659. The summed E-state index contributed by atoms with van der Waals surface area (Å²) in [5.74, 6) is 0.898. The Morgan fingerprint density at radius 1 is 1.32 bits per heavy atom. The Labute approximate surface area is 162 Å². The first-order valence-electron chi connectivity index (χ1n) is 8.11. The van der Waals surface area contributed by atoms with Crippen LogP contribution in [0.4, 0.5) is 5.69 Å². The van der Waals surface area contributed by atoms with Gasteiger partial charge in [-0.1, -0.05) is 6.07 Å². The van der Waals surface area contributed by atoms with Crippen molar-refractivity contribution in [3.05, 3.63) is 24.3 Å². The first kappa shape index (κ1) is 23.8. The highest BCUT2D eigenvalue weighted by Crippen LogP contribution is 2.24. The fourth-order valence-corrected chi connectivity index (χ4v) is 2.79. The highest BCUT2D eigenvalue weighted by atomic mass is 35.5. The number of hydrogen-bond acceptors (Lipinski definition) is 5. The van der Waals surface area contributed by atoms with Crippen molar-refractivity contribution in [3.8, 4) is 5.75 Å². The van der Waals surface area contributed by atoms with E-state index in [2.05, 4.69) is 21.6 Å². The largest absolute Gasteiger partial charge is 0.497 e. The molecule has 25 heavy (non-hydrogen) atoms. The van der Waals surface area contributed by atoms with Gasteiger partial charge in [0.2, 0.25) is 5.91 Å². The van der Waals surface area contributed by atoms with Crippen LogP contribution in [-0.2, 0) is 9.53 Å². The third-order valence-corrected chi connectivity index (χ3v) is 3.97. The van der Waals surface area contributed by atoms with Gasteiger partial charge in [-0.05, 0) is 25.0 Å². The molecule has 1 fully saturated rings. The summed E-state index contributed by atoms with van der Waals surface area (Å²) in [5.41, 5.74) is 1.14. The number of halogens is 2. The van der Waals surface area contributed by atoms with Gasteiger partial charge < -0.3 is 25.0 Å². The summed E-state index contributed by atoms with van der Waals surface area (Å²) in [7, 11) is 3.33. The van der Waals surface area contributed by atoms with Crippen LogP contribution in [0.25, 0.3) is 0 Å². The van der Waals surface area contributed by atoms with Gasteiger partial charge in [0.05, 0.1) is 20.3 Å². The molecule has 2 N–H and O–H groups in total. The Morgan fingerprint density at radius 3 is 2.84 bits per heavy atom. The molecule has 2 rings (SSSR count). The van der Waals surface area contributed by atoms with Crippen LogP contribution in [0.15, 0.2) is 24.3 Å². The molecule has 1 amide bonds. The molecule has 1 aliphatic heterocycles. The van der Waals surface area contributed by atoms with Crippen molar-refractivity contribution in [3.63, 3.8) is 0 Å². The van der Waals surface area contributed by atoms with E-state index >= 15 is 0 Å². The van der Waals surface area contributed by atoms with E-state index in [0.717, 1.165) is 37.4 Å². The number of rotatable bonds is 8. The smallest absolute Gasteiger partial charge is 0.234 e. The number of carbonyl (C=O) groups is 1. The zero-order valence-corrected chi connectivity index (χ0v) is 16.5. The third kappa shape index (κ3) is 8.14. The maximum Gasteiger partial charge on any atom is 0.234 e. The van der Waals surface area contributed by atoms with Crippen LogP contribution in [0.3, 0.4) is 0 Å². The van der Waals surface area contributed by atoms with Gasteiger partial charge in [0, 0.05) is 44.5 Å². The maximum atomic E-state index is 12.0. The van der Waals surface area contributed by atoms with Crippen LogP contribution in [0.2, 0.25) is 0 Å². The second-order valence-electron chi connectivity index (χ2n) is 5.72. The average molecular weight is 394 g/mol. The van der Waals surface area contributed by atoms with Crippen molar-refractivity contribution in [1.82, 2.24) is 10.6 Å². The monoisotopic (exact) mass is 393 g/mol. The molecule has 0 bridgehead atoms. The number of ether oxygens (including phenoxy) is 2. The van der Waals surface area contributed by atoms with Crippen molar-refractivity contribution < 1.29 is 14.3 Å². The lowest BCUT2D eigenvalue weighted by atomic mass is 10.0. The first-order chi connectivity index (χ1) is 11.2. The van der Waals surface area contributed by atoms with Crippen LogP contribution in [0.1, 0.15) is 12.8 Å². The maximum absolute atomic E-state index is 12.0. The van der Waals surface area contributed by atoms with E-state index in [1.807, 2.05) is 18.2 Å². The van der Waals surface area contributed by atoms with Gasteiger partial charge in [0.15, 0.2) is 0 Å². The fourth-order valence-electron chi connectivity index (χ4n) is 2.79. The highest BCUT2D eigenvalue weighted by Gasteiger charge is 2.21. The SMILES string of the molecule is COCCNCC(=O)NC1CCCN(c2cccc(OC)c2)C1.Cl.Cl. The van der Waals surface area contributed by atoms with Crippen LogP contribution in [0.5, 0.6) is 5.75 Å². The number of nitrogens with one attached hydrogen (secondary N) is 2. The summed E-state index contributed by atoms with van der Waals surface area (Å²) >= 11 is 0. The predicted molar refractivity (Wildman–Crippen MR) is 106 cm³/mol. The molecule has 1 aromatic rings. The number of anilines is 1. The minimum atomic E-state index is 0. The van der Waals surface area contributed by atoms with Crippen molar-refractivity contribution in [1.29, 1.82) is 0 Å². The zero-order chi connectivity index (χ0) is 16.5. The lowest BCUT2D eigenvalue weighted by Crippen LogP contribution is -2.49. The number of hydrogen-bond donors (Lipinski definition) is 2. The zero-order valence-electron chi connectivity index (χ0n) is 14.8. The summed E-state index contributed by atoms with van der Waals surface area (Å²) in [6.07, 6.45) is 2.09. The second-order valence-corrected chi connectivity index (χ2v) is 5.72. The van der Waals surface area contributed by atoms with Gasteiger partial charge in [-0.15, -0.1) is 24.8 Å². The van der Waals surface area contributed by atoms with Gasteiger partial charge in [-0.2, -0.15) is 0 Å². The molecule has 1 aromatic carbocycles. The molecule has 1 heterocycles. The van der Waals surface area contributed by atoms with E-state index in [1.165, 1.54) is 0 Å². The number of carbonyl (C=O) groups excluding carboxylic acids is 1. The molecule has 0 aliphatic carbocycles. The Morgan fingerprint density at radius 2 is 2.12 bits per heavy atom. The molecular weight excluding hydrogens is 365 g/mol. The van der Waals surface area contributed by atoms with Crippen LogP contribution in [0, 0.1) is 0 Å². The Kier molecular flexibility index (Phi) is 12.4. The normalized spacial score (nSPS) is 16.4. The minimum absolute atomic E-state index is 0. The lowest BCUT2D eigenvalue weighted by Gasteiger charge is -2.35. The van der Waals surface area contributed by atoms with E-state index in [1.54, 1.807) is 14.2 Å². The second kappa shape index (κ2) is 13.1. The van der Waals surface area contributed by atoms with Gasteiger partial charge in [-0.3, -0.25) is 4.79 Å². The first-order valence-corrected chi connectivity index (χ1v) is 8.11. The molecule has 0 spiro atoms. The number of piperidine rings is 1. The summed E-state index contributed by atoms with van der Waals surface area (Å²) in [5, 5.41) is 6.18. The molecule has 1 aliphatic rings. The van der Waals surface area contributed by atoms with E-state index in [9.17, 15) is 4.79 Å².